The molecule has 0 aliphatic rings. The molecule has 0 spiro atoms. The molecule has 0 aromatic carbocycles. The van der Waals surface area contributed by atoms with Crippen molar-refractivity contribution in [1.82, 2.24) is 4.57 Å². The van der Waals surface area contributed by atoms with Crippen molar-refractivity contribution in [3.63, 3.8) is 0 Å². The highest BCUT2D eigenvalue weighted by Crippen LogP contribution is 2.05. The summed E-state index contributed by atoms with van der Waals surface area (Å²) in [5, 5.41) is 0. The summed E-state index contributed by atoms with van der Waals surface area (Å²) in [6, 6.07) is 3.70. The van der Waals surface area contributed by atoms with E-state index in [1.807, 2.05) is 22.9 Å². The van der Waals surface area contributed by atoms with Gasteiger partial charge in [-0.1, -0.05) is 13.8 Å². The van der Waals surface area contributed by atoms with Gasteiger partial charge >= 0.3 is 0 Å². The first-order valence-corrected chi connectivity index (χ1v) is 3.63. The summed E-state index contributed by atoms with van der Waals surface area (Å²) >= 11 is 0. The van der Waals surface area contributed by atoms with Crippen LogP contribution < -0.4 is 0 Å². The molecule has 1 aromatic heterocycles. The van der Waals surface area contributed by atoms with Crippen LogP contribution in [0.2, 0.25) is 0 Å². The highest BCUT2D eigenvalue weighted by atomic mass is 16.1. The monoisotopic (exact) mass is 150 g/mol. The Labute approximate surface area is 66.8 Å². The quantitative estimate of drug-likeness (QED) is 0.603. The summed E-state index contributed by atoms with van der Waals surface area (Å²) in [4.78, 5) is 10.4. The Morgan fingerprint density at radius 3 is 2.91 bits per heavy atom. The zero-order valence-electron chi connectivity index (χ0n) is 6.87. The second-order valence-electron chi connectivity index (χ2n) is 2.89. The number of rotatable bonds is 3. The van der Waals surface area contributed by atoms with Crippen molar-refractivity contribution in [2.45, 2.75) is 20.4 Å². The molecular formula is C9H12NO. The van der Waals surface area contributed by atoms with Crippen molar-refractivity contribution in [2.75, 3.05) is 0 Å². The molecule has 0 aliphatic carbocycles. The fourth-order valence-corrected chi connectivity index (χ4v) is 1.02. The molecule has 0 unspecified atom stereocenters. The van der Waals surface area contributed by atoms with Gasteiger partial charge in [0.2, 0.25) is 0 Å². The van der Waals surface area contributed by atoms with Crippen LogP contribution in [0.3, 0.4) is 0 Å². The topological polar surface area (TPSA) is 22.0 Å². The van der Waals surface area contributed by atoms with Crippen LogP contribution in [-0.2, 0) is 6.54 Å². The fourth-order valence-electron chi connectivity index (χ4n) is 1.02. The van der Waals surface area contributed by atoms with E-state index in [-0.39, 0.29) is 0 Å². The zero-order chi connectivity index (χ0) is 8.27. The summed E-state index contributed by atoms with van der Waals surface area (Å²) in [5.41, 5.74) is 0.742. The fraction of sp³-hybridized carbons (Fsp3) is 0.333. The minimum absolute atomic E-state index is 0.742. The maximum Gasteiger partial charge on any atom is 0.166 e. The van der Waals surface area contributed by atoms with Crippen molar-refractivity contribution in [3.05, 3.63) is 29.9 Å². The van der Waals surface area contributed by atoms with Crippen LogP contribution in [0.15, 0.2) is 18.3 Å². The molecule has 0 atom stereocenters. The van der Waals surface area contributed by atoms with E-state index in [4.69, 9.17) is 0 Å². The molecule has 0 N–H and O–H groups in total. The van der Waals surface area contributed by atoms with E-state index >= 15 is 0 Å². The molecule has 0 fully saturated rings. The molecular weight excluding hydrogens is 138 g/mol. The maximum absolute atomic E-state index is 10.4. The van der Waals surface area contributed by atoms with Crippen molar-refractivity contribution in [1.29, 1.82) is 0 Å². The molecule has 0 amide bonds. The smallest absolute Gasteiger partial charge is 0.166 e. The predicted molar refractivity (Wildman–Crippen MR) is 44.4 cm³/mol. The minimum Gasteiger partial charge on any atom is -0.345 e. The Morgan fingerprint density at radius 2 is 2.36 bits per heavy atom. The van der Waals surface area contributed by atoms with Crippen molar-refractivity contribution in [2.24, 2.45) is 0 Å². The lowest BCUT2D eigenvalue weighted by atomic mass is 10.2. The van der Waals surface area contributed by atoms with Crippen molar-refractivity contribution >= 4 is 6.29 Å². The molecule has 1 rings (SSSR count). The van der Waals surface area contributed by atoms with Gasteiger partial charge in [0.05, 0.1) is 5.69 Å². The Bertz CT molecular complexity index is 237. The highest BCUT2D eigenvalue weighted by molar-refractivity contribution is 5.72. The average Bonchev–Trinajstić information content (AvgIpc) is 2.34. The first-order chi connectivity index (χ1) is 5.24. The third-order valence-corrected chi connectivity index (χ3v) is 1.47. The molecule has 0 saturated heterocycles. The molecule has 2 nitrogen and oxygen atoms in total. The summed E-state index contributed by atoms with van der Waals surface area (Å²) in [5.74, 6) is 1.30. The summed E-state index contributed by atoms with van der Waals surface area (Å²) < 4.78 is 1.93. The van der Waals surface area contributed by atoms with Gasteiger partial charge in [0.25, 0.3) is 0 Å². The molecule has 0 bridgehead atoms. The number of aldehydes is 1. The van der Waals surface area contributed by atoms with Gasteiger partial charge in [-0.05, 0) is 18.1 Å². The van der Waals surface area contributed by atoms with Gasteiger partial charge in [0, 0.05) is 12.7 Å². The van der Waals surface area contributed by atoms with E-state index in [1.165, 1.54) is 5.92 Å². The molecule has 2 heteroatoms. The van der Waals surface area contributed by atoms with Crippen LogP contribution in [-0.4, -0.2) is 10.9 Å². The Hall–Kier alpha value is -1.05. The summed E-state index contributed by atoms with van der Waals surface area (Å²) in [7, 11) is 0. The Balaban J connectivity index is 2.76. The molecule has 11 heavy (non-hydrogen) atoms. The third kappa shape index (κ3) is 1.93. The van der Waals surface area contributed by atoms with E-state index < -0.39 is 0 Å². The van der Waals surface area contributed by atoms with E-state index in [0.717, 1.165) is 18.5 Å². The molecule has 1 radical (unpaired) electrons. The largest absolute Gasteiger partial charge is 0.345 e. The van der Waals surface area contributed by atoms with Crippen LogP contribution in [0.5, 0.6) is 0 Å². The Kier molecular flexibility index (Phi) is 2.47. The lowest BCUT2D eigenvalue weighted by molar-refractivity contribution is 0.111. The maximum atomic E-state index is 10.4. The second kappa shape index (κ2) is 3.37. The van der Waals surface area contributed by atoms with Crippen LogP contribution in [0.1, 0.15) is 24.3 Å². The van der Waals surface area contributed by atoms with Gasteiger partial charge in [-0.3, -0.25) is 4.79 Å². The average molecular weight is 150 g/mol. The number of nitrogens with zero attached hydrogens (tertiary/aromatic N) is 1. The highest BCUT2D eigenvalue weighted by Gasteiger charge is 2.00. The lowest BCUT2D eigenvalue weighted by Gasteiger charge is -2.06. The molecule has 1 aromatic rings. The van der Waals surface area contributed by atoms with Gasteiger partial charge in [-0.15, -0.1) is 0 Å². The summed E-state index contributed by atoms with van der Waals surface area (Å²) in [6.45, 7) is 4.93. The van der Waals surface area contributed by atoms with Gasteiger partial charge in [0.15, 0.2) is 6.29 Å². The molecule has 59 valence electrons. The molecule has 0 saturated carbocycles. The predicted octanol–water partition coefficient (Wildman–Crippen LogP) is 1.91. The van der Waals surface area contributed by atoms with E-state index in [1.54, 1.807) is 0 Å². The first-order valence-electron chi connectivity index (χ1n) is 3.63. The van der Waals surface area contributed by atoms with Crippen LogP contribution >= 0.6 is 0 Å². The molecule has 0 aliphatic heterocycles. The number of carbonyl (C=O) groups is 1. The van der Waals surface area contributed by atoms with Gasteiger partial charge in [0.1, 0.15) is 0 Å². The van der Waals surface area contributed by atoms with E-state index in [0.29, 0.717) is 0 Å². The number of aromatic nitrogens is 1. The van der Waals surface area contributed by atoms with E-state index in [9.17, 15) is 4.79 Å². The zero-order valence-corrected chi connectivity index (χ0v) is 6.87. The Morgan fingerprint density at radius 1 is 1.64 bits per heavy atom. The van der Waals surface area contributed by atoms with Gasteiger partial charge < -0.3 is 4.57 Å². The molecule has 1 heterocycles. The van der Waals surface area contributed by atoms with Gasteiger partial charge in [-0.25, -0.2) is 0 Å². The number of hydrogen-bond acceptors (Lipinski definition) is 1. The number of hydrogen-bond donors (Lipinski definition) is 0. The SMILES string of the molecule is C[C](C)Cn1cccc1C=O. The van der Waals surface area contributed by atoms with Gasteiger partial charge in [-0.2, -0.15) is 0 Å². The minimum atomic E-state index is 0.742. The standard InChI is InChI=1S/C9H12NO/c1-8(2)6-10-5-3-4-9(10)7-11/h3-5,7H,6H2,1-2H3. The van der Waals surface area contributed by atoms with Crippen molar-refractivity contribution < 1.29 is 4.79 Å². The normalized spacial score (nSPS) is 10.5. The van der Waals surface area contributed by atoms with Crippen LogP contribution in [0.25, 0.3) is 0 Å². The van der Waals surface area contributed by atoms with Crippen LogP contribution in [0.4, 0.5) is 0 Å². The third-order valence-electron chi connectivity index (χ3n) is 1.47. The van der Waals surface area contributed by atoms with Crippen LogP contribution in [0, 0.1) is 5.92 Å². The lowest BCUT2D eigenvalue weighted by Crippen LogP contribution is -2.04. The summed E-state index contributed by atoms with van der Waals surface area (Å²) in [6.07, 6.45) is 2.79. The first kappa shape index (κ1) is 8.05. The van der Waals surface area contributed by atoms with E-state index in [2.05, 4.69) is 13.8 Å². The van der Waals surface area contributed by atoms with Crippen molar-refractivity contribution in [3.8, 4) is 0 Å². The number of carbonyl (C=O) groups excluding carboxylic acids is 1. The second-order valence-corrected chi connectivity index (χ2v) is 2.89.